The largest absolute Gasteiger partial charge is 0.493 e. The van der Waals surface area contributed by atoms with Crippen LogP contribution in [0.25, 0.3) is 0 Å². The van der Waals surface area contributed by atoms with Gasteiger partial charge >= 0.3 is 0 Å². The smallest absolute Gasteiger partial charge is 0.255 e. The Kier molecular flexibility index (Phi) is 6.89. The van der Waals surface area contributed by atoms with E-state index < -0.39 is 0 Å². The van der Waals surface area contributed by atoms with E-state index in [0.29, 0.717) is 24.5 Å². The average molecular weight is 381 g/mol. The zero-order valence-corrected chi connectivity index (χ0v) is 16.2. The minimum Gasteiger partial charge on any atom is -0.493 e. The molecule has 1 fully saturated rings. The van der Waals surface area contributed by atoms with Crippen LogP contribution in [0.5, 0.6) is 5.75 Å². The van der Waals surface area contributed by atoms with Crippen LogP contribution in [0.2, 0.25) is 0 Å². The number of ether oxygens (including phenoxy) is 1. The van der Waals surface area contributed by atoms with Crippen LogP contribution in [-0.4, -0.2) is 38.1 Å². The molecule has 1 saturated heterocycles. The van der Waals surface area contributed by atoms with Crippen LogP contribution in [0.1, 0.15) is 35.7 Å². The second-order valence-corrected chi connectivity index (χ2v) is 6.75. The molecule has 2 aromatic carbocycles. The van der Waals surface area contributed by atoms with Gasteiger partial charge in [-0.25, -0.2) is 0 Å². The fraction of sp³-hybridized carbons (Fsp3) is 0.364. The Bertz CT molecular complexity index is 799. The van der Waals surface area contributed by atoms with Gasteiger partial charge in [0, 0.05) is 25.3 Å². The maximum absolute atomic E-state index is 12.3. The number of carbonyl (C=O) groups excluding carboxylic acids is 2. The standard InChI is InChI=1S/C22H27N3O3/c1-2-28-20-8-4-3-7-19(20)22(27)24-16-21(26)23-15-17-9-11-18(12-10-17)25-13-5-6-14-25/h3-4,7-12H,2,5-6,13-16H2,1H3,(H,23,26)(H,24,27). The van der Waals surface area contributed by atoms with E-state index in [2.05, 4.69) is 27.7 Å². The lowest BCUT2D eigenvalue weighted by atomic mass is 10.2. The SMILES string of the molecule is CCOc1ccccc1C(=O)NCC(=O)NCc1ccc(N2CCCC2)cc1. The molecule has 148 valence electrons. The van der Waals surface area contributed by atoms with E-state index in [0.717, 1.165) is 18.7 Å². The monoisotopic (exact) mass is 381 g/mol. The van der Waals surface area contributed by atoms with Gasteiger partial charge in [-0.1, -0.05) is 24.3 Å². The molecule has 3 rings (SSSR count). The number of hydrogen-bond donors (Lipinski definition) is 2. The number of nitrogens with one attached hydrogen (secondary N) is 2. The van der Waals surface area contributed by atoms with E-state index in [1.165, 1.54) is 18.5 Å². The molecule has 2 N–H and O–H groups in total. The molecule has 2 aromatic rings. The average Bonchev–Trinajstić information content (AvgIpc) is 3.26. The summed E-state index contributed by atoms with van der Waals surface area (Å²) in [5.41, 5.74) is 2.69. The zero-order valence-electron chi connectivity index (χ0n) is 16.2. The molecule has 1 aliphatic rings. The van der Waals surface area contributed by atoms with E-state index in [1.807, 2.05) is 25.1 Å². The van der Waals surface area contributed by atoms with Crippen molar-refractivity contribution >= 4 is 17.5 Å². The lowest BCUT2D eigenvalue weighted by Crippen LogP contribution is -2.36. The third-order valence-electron chi connectivity index (χ3n) is 4.74. The highest BCUT2D eigenvalue weighted by molar-refractivity contribution is 5.98. The van der Waals surface area contributed by atoms with Crippen molar-refractivity contribution < 1.29 is 14.3 Å². The minimum atomic E-state index is -0.325. The number of carbonyl (C=O) groups is 2. The van der Waals surface area contributed by atoms with Crippen molar-refractivity contribution in [1.82, 2.24) is 10.6 Å². The number of rotatable bonds is 8. The first-order valence-electron chi connectivity index (χ1n) is 9.78. The van der Waals surface area contributed by atoms with E-state index in [1.54, 1.807) is 18.2 Å². The van der Waals surface area contributed by atoms with Gasteiger partial charge in [0.05, 0.1) is 18.7 Å². The summed E-state index contributed by atoms with van der Waals surface area (Å²) in [4.78, 5) is 26.8. The van der Waals surface area contributed by atoms with Gasteiger partial charge in [0.25, 0.3) is 5.91 Å². The normalized spacial score (nSPS) is 13.2. The molecular weight excluding hydrogens is 354 g/mol. The summed E-state index contributed by atoms with van der Waals surface area (Å²) in [6, 6.07) is 15.3. The van der Waals surface area contributed by atoms with Crippen LogP contribution in [0.15, 0.2) is 48.5 Å². The van der Waals surface area contributed by atoms with Crippen molar-refractivity contribution in [2.45, 2.75) is 26.3 Å². The molecular formula is C22H27N3O3. The predicted octanol–water partition coefficient (Wildman–Crippen LogP) is 2.73. The first-order valence-corrected chi connectivity index (χ1v) is 9.78. The van der Waals surface area contributed by atoms with Crippen LogP contribution in [0.4, 0.5) is 5.69 Å². The maximum atomic E-state index is 12.3. The molecule has 0 bridgehead atoms. The van der Waals surface area contributed by atoms with Gasteiger partial charge in [0.1, 0.15) is 5.75 Å². The first kappa shape index (κ1) is 19.7. The van der Waals surface area contributed by atoms with Gasteiger partial charge in [0.15, 0.2) is 0 Å². The fourth-order valence-corrected chi connectivity index (χ4v) is 3.25. The Morgan fingerprint density at radius 3 is 2.43 bits per heavy atom. The highest BCUT2D eigenvalue weighted by Gasteiger charge is 2.14. The molecule has 6 heteroatoms. The Hall–Kier alpha value is -3.02. The predicted molar refractivity (Wildman–Crippen MR) is 110 cm³/mol. The van der Waals surface area contributed by atoms with E-state index in [9.17, 15) is 9.59 Å². The second-order valence-electron chi connectivity index (χ2n) is 6.75. The molecule has 0 spiro atoms. The minimum absolute atomic E-state index is 0.0782. The summed E-state index contributed by atoms with van der Waals surface area (Å²) in [5.74, 6) is -0.0407. The van der Waals surface area contributed by atoms with Crippen LogP contribution >= 0.6 is 0 Å². The second kappa shape index (κ2) is 9.78. The van der Waals surface area contributed by atoms with Crippen molar-refractivity contribution in [1.29, 1.82) is 0 Å². The summed E-state index contributed by atoms with van der Waals surface area (Å²) in [7, 11) is 0. The third-order valence-corrected chi connectivity index (χ3v) is 4.74. The Balaban J connectivity index is 1.45. The number of amides is 2. The van der Waals surface area contributed by atoms with E-state index in [4.69, 9.17) is 4.74 Å². The molecule has 2 amide bonds. The molecule has 0 radical (unpaired) electrons. The molecule has 1 aliphatic heterocycles. The van der Waals surface area contributed by atoms with E-state index >= 15 is 0 Å². The van der Waals surface area contributed by atoms with Gasteiger partial charge in [-0.15, -0.1) is 0 Å². The van der Waals surface area contributed by atoms with Crippen LogP contribution in [0, 0.1) is 0 Å². The van der Waals surface area contributed by atoms with Crippen molar-refractivity contribution in [2.75, 3.05) is 31.1 Å². The summed E-state index contributed by atoms with van der Waals surface area (Å²) >= 11 is 0. The fourth-order valence-electron chi connectivity index (χ4n) is 3.25. The molecule has 6 nitrogen and oxygen atoms in total. The Labute approximate surface area is 165 Å². The van der Waals surface area contributed by atoms with Gasteiger partial charge in [-0.2, -0.15) is 0 Å². The van der Waals surface area contributed by atoms with Crippen molar-refractivity contribution in [2.24, 2.45) is 0 Å². The first-order chi connectivity index (χ1) is 13.7. The topological polar surface area (TPSA) is 70.7 Å². The Morgan fingerprint density at radius 1 is 1.00 bits per heavy atom. The molecule has 0 atom stereocenters. The lowest BCUT2D eigenvalue weighted by molar-refractivity contribution is -0.120. The number of nitrogens with zero attached hydrogens (tertiary/aromatic N) is 1. The number of anilines is 1. The highest BCUT2D eigenvalue weighted by Crippen LogP contribution is 2.20. The molecule has 0 aromatic heterocycles. The number of para-hydroxylation sites is 1. The molecule has 0 unspecified atom stereocenters. The zero-order chi connectivity index (χ0) is 19.8. The summed E-state index contributed by atoms with van der Waals surface area (Å²) in [6.07, 6.45) is 2.50. The summed E-state index contributed by atoms with van der Waals surface area (Å²) in [5, 5.41) is 5.48. The number of hydrogen-bond acceptors (Lipinski definition) is 4. The van der Waals surface area contributed by atoms with Crippen molar-refractivity contribution in [3.05, 3.63) is 59.7 Å². The molecule has 28 heavy (non-hydrogen) atoms. The van der Waals surface area contributed by atoms with Crippen molar-refractivity contribution in [3.63, 3.8) is 0 Å². The van der Waals surface area contributed by atoms with Gasteiger partial charge in [-0.3, -0.25) is 9.59 Å². The molecule has 0 aliphatic carbocycles. The van der Waals surface area contributed by atoms with Gasteiger partial charge in [0.2, 0.25) is 5.91 Å². The molecule has 1 heterocycles. The van der Waals surface area contributed by atoms with Gasteiger partial charge in [-0.05, 0) is 49.6 Å². The summed E-state index contributed by atoms with van der Waals surface area (Å²) < 4.78 is 5.45. The number of benzene rings is 2. The molecule has 0 saturated carbocycles. The van der Waals surface area contributed by atoms with Crippen molar-refractivity contribution in [3.8, 4) is 5.75 Å². The quantitative estimate of drug-likeness (QED) is 0.738. The van der Waals surface area contributed by atoms with Crippen LogP contribution < -0.4 is 20.3 Å². The highest BCUT2D eigenvalue weighted by atomic mass is 16.5. The lowest BCUT2D eigenvalue weighted by Gasteiger charge is -2.17. The van der Waals surface area contributed by atoms with Crippen LogP contribution in [0.3, 0.4) is 0 Å². The van der Waals surface area contributed by atoms with E-state index in [-0.39, 0.29) is 18.4 Å². The third kappa shape index (κ3) is 5.25. The van der Waals surface area contributed by atoms with Gasteiger partial charge < -0.3 is 20.3 Å². The van der Waals surface area contributed by atoms with Crippen LogP contribution in [-0.2, 0) is 11.3 Å². The Morgan fingerprint density at radius 2 is 1.71 bits per heavy atom. The summed E-state index contributed by atoms with van der Waals surface area (Å²) in [6.45, 7) is 4.92. The maximum Gasteiger partial charge on any atom is 0.255 e.